The fourth-order valence-corrected chi connectivity index (χ4v) is 5.25. The Morgan fingerprint density at radius 3 is 2.26 bits per heavy atom. The molecule has 1 aliphatic rings. The first-order valence-corrected chi connectivity index (χ1v) is 16.8. The van der Waals surface area contributed by atoms with Crippen LogP contribution in [0.5, 0.6) is 11.5 Å². The molecule has 50 heavy (non-hydrogen) atoms. The lowest BCUT2D eigenvalue weighted by Crippen LogP contribution is -2.47. The van der Waals surface area contributed by atoms with E-state index in [9.17, 15) is 28.8 Å². The number of pyridine rings is 1. The van der Waals surface area contributed by atoms with Crippen LogP contribution in [0.15, 0.2) is 42.6 Å². The number of esters is 4. The maximum Gasteiger partial charge on any atom is 0.332 e. The summed E-state index contributed by atoms with van der Waals surface area (Å²) in [6.07, 6.45) is 3.59. The Bertz CT molecular complexity index is 1480. The zero-order chi connectivity index (χ0) is 36.6. The number of rotatable bonds is 17. The number of carbonyl (C=O) groups excluding carboxylic acids is 5. The fraction of sp³-hybridized carbons (Fsp3) is 0.528. The van der Waals surface area contributed by atoms with Crippen LogP contribution in [0.2, 0.25) is 0 Å². The van der Waals surface area contributed by atoms with Gasteiger partial charge < -0.3 is 34.1 Å². The van der Waals surface area contributed by atoms with Gasteiger partial charge in [-0.25, -0.2) is 9.78 Å². The first-order valence-electron chi connectivity index (χ1n) is 16.8. The molecule has 2 N–H and O–H groups in total. The molecule has 14 heteroatoms. The number of nitrogens with one attached hydrogen (secondary N) is 1. The normalized spacial score (nSPS) is 19.2. The molecule has 0 aliphatic carbocycles. The maximum absolute atomic E-state index is 13.5. The second-order valence-electron chi connectivity index (χ2n) is 12.3. The molecule has 14 nitrogen and oxygen atoms in total. The fourth-order valence-electron chi connectivity index (χ4n) is 5.25. The van der Waals surface area contributed by atoms with E-state index in [2.05, 4.69) is 10.3 Å². The second kappa shape index (κ2) is 19.9. The monoisotopic (exact) mass is 698 g/mol. The molecular weight excluding hydrogens is 652 g/mol. The summed E-state index contributed by atoms with van der Waals surface area (Å²) in [7, 11) is 1.32. The molecule has 0 radical (unpaired) electrons. The minimum absolute atomic E-state index is 0.0454. The second-order valence-corrected chi connectivity index (χ2v) is 12.3. The van der Waals surface area contributed by atoms with Gasteiger partial charge in [0, 0.05) is 25.1 Å². The Balaban J connectivity index is 1.72. The number of aliphatic carboxylic acids is 1. The van der Waals surface area contributed by atoms with Crippen molar-refractivity contribution < 1.29 is 57.6 Å². The van der Waals surface area contributed by atoms with E-state index in [0.29, 0.717) is 12.8 Å². The van der Waals surface area contributed by atoms with Crippen LogP contribution in [0, 0.1) is 11.8 Å². The molecular formula is C36H46N2O12. The van der Waals surface area contributed by atoms with Crippen molar-refractivity contribution in [1.82, 2.24) is 10.3 Å². The number of carboxylic acids is 1. The largest absolute Gasteiger partial charge is 0.493 e. The molecule has 1 saturated heterocycles. The Morgan fingerprint density at radius 2 is 1.62 bits per heavy atom. The van der Waals surface area contributed by atoms with Gasteiger partial charge in [-0.2, -0.15) is 0 Å². The molecule has 272 valence electrons. The predicted molar refractivity (Wildman–Crippen MR) is 177 cm³/mol. The molecule has 1 aliphatic heterocycles. The highest BCUT2D eigenvalue weighted by atomic mass is 16.6. The Labute approximate surface area is 291 Å². The number of methoxy groups -OCH3 is 1. The van der Waals surface area contributed by atoms with Crippen molar-refractivity contribution in [3.05, 3.63) is 53.9 Å². The van der Waals surface area contributed by atoms with E-state index in [4.69, 9.17) is 28.8 Å². The first-order chi connectivity index (χ1) is 23.9. The van der Waals surface area contributed by atoms with Gasteiger partial charge in [-0.3, -0.25) is 24.0 Å². The SMILES string of the molecule is COc1ccnc(C(=O)N[C@H]2COC(=O)[C@H](Cc3ccccc3)[C@@H](OC(=O)C(C)C)[C@H](C)OC2=O)c1OC(=O)CCCCCCCCC(=O)O. The number of nitrogens with zero attached hydrogens (tertiary/aromatic N) is 1. The molecule has 2 aromatic rings. The summed E-state index contributed by atoms with van der Waals surface area (Å²) in [4.78, 5) is 80.5. The van der Waals surface area contributed by atoms with Gasteiger partial charge in [0.05, 0.1) is 13.0 Å². The van der Waals surface area contributed by atoms with Gasteiger partial charge in [0.15, 0.2) is 23.6 Å². The van der Waals surface area contributed by atoms with Crippen molar-refractivity contribution in [2.24, 2.45) is 11.8 Å². The van der Waals surface area contributed by atoms with E-state index in [1.165, 1.54) is 26.3 Å². The van der Waals surface area contributed by atoms with Crippen LogP contribution < -0.4 is 14.8 Å². The van der Waals surface area contributed by atoms with Crippen LogP contribution >= 0.6 is 0 Å². The molecule has 0 saturated carbocycles. The third-order valence-electron chi connectivity index (χ3n) is 8.01. The molecule has 0 spiro atoms. The number of ether oxygens (including phenoxy) is 5. The lowest BCUT2D eigenvalue weighted by Gasteiger charge is -2.29. The van der Waals surface area contributed by atoms with Crippen molar-refractivity contribution in [2.45, 2.75) is 96.8 Å². The smallest absolute Gasteiger partial charge is 0.332 e. The number of carbonyl (C=O) groups is 6. The van der Waals surface area contributed by atoms with Gasteiger partial charge in [0.2, 0.25) is 5.75 Å². The molecule has 1 fully saturated rings. The van der Waals surface area contributed by atoms with E-state index >= 15 is 0 Å². The van der Waals surface area contributed by atoms with Crippen LogP contribution in [-0.4, -0.2) is 77.8 Å². The van der Waals surface area contributed by atoms with Crippen LogP contribution in [0.4, 0.5) is 0 Å². The third-order valence-corrected chi connectivity index (χ3v) is 8.01. The molecule has 0 unspecified atom stereocenters. The summed E-state index contributed by atoms with van der Waals surface area (Å²) in [6.45, 7) is 4.17. The van der Waals surface area contributed by atoms with E-state index in [0.717, 1.165) is 31.2 Å². The van der Waals surface area contributed by atoms with E-state index in [1.807, 2.05) is 6.07 Å². The van der Waals surface area contributed by atoms with Gasteiger partial charge in [-0.05, 0) is 31.7 Å². The summed E-state index contributed by atoms with van der Waals surface area (Å²) < 4.78 is 27.7. The minimum Gasteiger partial charge on any atom is -0.493 e. The van der Waals surface area contributed by atoms with Crippen LogP contribution in [0.1, 0.15) is 88.2 Å². The lowest BCUT2D eigenvalue weighted by molar-refractivity contribution is -0.176. The summed E-state index contributed by atoms with van der Waals surface area (Å²) in [5.41, 5.74) is 0.413. The Morgan fingerprint density at radius 1 is 0.960 bits per heavy atom. The number of cyclic esters (lactones) is 2. The third kappa shape index (κ3) is 12.1. The molecule has 4 atom stereocenters. The van der Waals surface area contributed by atoms with Crippen molar-refractivity contribution in [3.63, 3.8) is 0 Å². The van der Waals surface area contributed by atoms with Crippen LogP contribution in [0.3, 0.4) is 0 Å². The van der Waals surface area contributed by atoms with Gasteiger partial charge >= 0.3 is 29.8 Å². The van der Waals surface area contributed by atoms with Crippen molar-refractivity contribution in [1.29, 1.82) is 0 Å². The molecule has 1 aromatic carbocycles. The zero-order valence-electron chi connectivity index (χ0n) is 28.9. The highest BCUT2D eigenvalue weighted by Crippen LogP contribution is 2.31. The number of carboxylic acid groups (broad SMARTS) is 1. The van der Waals surface area contributed by atoms with Crippen molar-refractivity contribution in [3.8, 4) is 11.5 Å². The molecule has 1 aromatic heterocycles. The summed E-state index contributed by atoms with van der Waals surface area (Å²) in [6, 6.07) is 8.94. The highest BCUT2D eigenvalue weighted by molar-refractivity contribution is 5.99. The number of aromatic nitrogens is 1. The lowest BCUT2D eigenvalue weighted by atomic mass is 9.91. The molecule has 1 amide bonds. The quantitative estimate of drug-likeness (QED) is 0.136. The molecule has 0 bridgehead atoms. The van der Waals surface area contributed by atoms with E-state index < -0.39 is 72.4 Å². The van der Waals surface area contributed by atoms with Crippen molar-refractivity contribution in [2.75, 3.05) is 13.7 Å². The maximum atomic E-state index is 13.5. The molecule has 3 rings (SSSR count). The summed E-state index contributed by atoms with van der Waals surface area (Å²) in [5.74, 6) is -6.43. The van der Waals surface area contributed by atoms with Gasteiger partial charge in [-0.1, -0.05) is 69.9 Å². The first kappa shape index (κ1) is 39.4. The zero-order valence-corrected chi connectivity index (χ0v) is 28.9. The Hall–Kier alpha value is -5.01. The minimum atomic E-state index is -1.49. The summed E-state index contributed by atoms with van der Waals surface area (Å²) >= 11 is 0. The number of hydrogen-bond donors (Lipinski definition) is 2. The van der Waals surface area contributed by atoms with Gasteiger partial charge in [-0.15, -0.1) is 0 Å². The van der Waals surface area contributed by atoms with Gasteiger partial charge in [0.1, 0.15) is 18.6 Å². The van der Waals surface area contributed by atoms with Crippen molar-refractivity contribution >= 4 is 35.8 Å². The standard InChI is InChI=1S/C36H46N2O12/c1-22(2)34(43)50-31-23(3)48-36(45)26(21-47-35(44)25(31)20-24-14-10-9-11-15-24)38-33(42)30-32(27(46-4)18-19-37-30)49-29(41)17-13-8-6-5-7-12-16-28(39)40/h9-11,14-15,18-19,22-23,25-26,31H,5-8,12-13,16-17,20-21H2,1-4H3,(H,38,42)(H,39,40)/t23-,25+,26-,31-/m0/s1. The van der Waals surface area contributed by atoms with E-state index in [-0.39, 0.29) is 36.5 Å². The molecule has 2 heterocycles. The topological polar surface area (TPSA) is 194 Å². The average Bonchev–Trinajstić information content (AvgIpc) is 3.11. The number of benzene rings is 1. The number of unbranched alkanes of at least 4 members (excludes halogenated alkanes) is 5. The number of amides is 1. The van der Waals surface area contributed by atoms with Gasteiger partial charge in [0.25, 0.3) is 5.91 Å². The predicted octanol–water partition coefficient (Wildman–Crippen LogP) is 4.21. The number of hydrogen-bond acceptors (Lipinski definition) is 12. The van der Waals surface area contributed by atoms with Crippen LogP contribution in [0.25, 0.3) is 0 Å². The van der Waals surface area contributed by atoms with E-state index in [1.54, 1.807) is 38.1 Å². The highest BCUT2D eigenvalue weighted by Gasteiger charge is 2.42. The average molecular weight is 699 g/mol. The Kier molecular flexibility index (Phi) is 15.7. The summed E-state index contributed by atoms with van der Waals surface area (Å²) in [5, 5.41) is 11.2. The van der Waals surface area contributed by atoms with Crippen LogP contribution in [-0.2, 0) is 44.6 Å².